The van der Waals surface area contributed by atoms with Gasteiger partial charge in [0.05, 0.1) is 11.7 Å². The highest BCUT2D eigenvalue weighted by Crippen LogP contribution is 2.28. The highest BCUT2D eigenvalue weighted by Gasteiger charge is 2.32. The van der Waals surface area contributed by atoms with Crippen molar-refractivity contribution >= 4 is 50.6 Å². The molecule has 0 aliphatic carbocycles. The minimum atomic E-state index is -1.01. The second-order valence-electron chi connectivity index (χ2n) is 11.5. The van der Waals surface area contributed by atoms with Crippen LogP contribution in [0, 0.1) is 5.92 Å². The third kappa shape index (κ3) is 9.47. The Kier molecular flexibility index (Phi) is 13.2. The van der Waals surface area contributed by atoms with Crippen molar-refractivity contribution in [1.82, 2.24) is 25.8 Å². The van der Waals surface area contributed by atoms with E-state index >= 15 is 0 Å². The number of nitrogens with zero attached hydrogens (tertiary/aromatic N) is 1. The molecule has 0 spiro atoms. The second kappa shape index (κ2) is 16.5. The molecule has 0 unspecified atom stereocenters. The lowest BCUT2D eigenvalue weighted by atomic mass is 10.0. The zero-order valence-electron chi connectivity index (χ0n) is 25.3. The predicted molar refractivity (Wildman–Crippen MR) is 167 cm³/mol. The lowest BCUT2D eigenvalue weighted by molar-refractivity contribution is -0.145. The first-order valence-corrected chi connectivity index (χ1v) is 15.9. The first kappa shape index (κ1) is 33.4. The molecule has 1 saturated heterocycles. The van der Waals surface area contributed by atoms with Gasteiger partial charge in [-0.3, -0.25) is 9.59 Å². The number of aromatic nitrogens is 1. The van der Waals surface area contributed by atoms with Crippen LogP contribution in [0.2, 0.25) is 0 Å². The van der Waals surface area contributed by atoms with Gasteiger partial charge in [0, 0.05) is 30.4 Å². The molecule has 11 heteroatoms. The average Bonchev–Trinajstić information content (AvgIpc) is 3.11. The van der Waals surface area contributed by atoms with Crippen LogP contribution in [0.5, 0.6) is 0 Å². The number of carbonyl (C=O) groups is 4. The van der Waals surface area contributed by atoms with Gasteiger partial charge in [-0.1, -0.05) is 64.7 Å². The Bertz CT molecular complexity index is 1210. The molecule has 0 bridgehead atoms. The molecule has 1 aliphatic rings. The number of benzene rings is 1. The van der Waals surface area contributed by atoms with E-state index in [1.807, 2.05) is 45.0 Å². The van der Waals surface area contributed by atoms with Gasteiger partial charge in [0.25, 0.3) is 0 Å². The number of rotatable bonds is 13. The Hall–Kier alpha value is -3.08. The van der Waals surface area contributed by atoms with E-state index in [4.69, 9.17) is 4.74 Å². The number of para-hydroxylation sites is 1. The number of methoxy groups -OCH3 is 1. The molecular weight excluding hydrogens is 602 g/mol. The van der Waals surface area contributed by atoms with Crippen LogP contribution in [-0.4, -0.2) is 72.0 Å². The number of amides is 4. The molecule has 2 heterocycles. The molecule has 4 N–H and O–H groups in total. The maximum atomic E-state index is 13.8. The summed E-state index contributed by atoms with van der Waals surface area (Å²) in [5, 5.41) is 9.59. The van der Waals surface area contributed by atoms with E-state index < -0.39 is 35.9 Å². The quantitative estimate of drug-likeness (QED) is 0.232. The van der Waals surface area contributed by atoms with Gasteiger partial charge in [-0.15, -0.1) is 0 Å². The largest absolute Gasteiger partial charge is 0.467 e. The number of H-pyrrole nitrogens is 1. The van der Waals surface area contributed by atoms with Gasteiger partial charge in [0.2, 0.25) is 11.8 Å². The van der Waals surface area contributed by atoms with Gasteiger partial charge < -0.3 is 30.6 Å². The number of aromatic amines is 1. The van der Waals surface area contributed by atoms with Gasteiger partial charge in [0.15, 0.2) is 0 Å². The van der Waals surface area contributed by atoms with Gasteiger partial charge in [-0.05, 0) is 59.2 Å². The van der Waals surface area contributed by atoms with E-state index in [2.05, 4.69) is 36.9 Å². The number of carbonyl (C=O) groups excluding carboxylic acids is 4. The molecule has 1 aromatic heterocycles. The van der Waals surface area contributed by atoms with Crippen LogP contribution in [0.1, 0.15) is 77.7 Å². The van der Waals surface area contributed by atoms with Crippen LogP contribution in [0.15, 0.2) is 28.9 Å². The van der Waals surface area contributed by atoms with Crippen molar-refractivity contribution in [2.45, 2.75) is 96.7 Å². The number of hydrogen-bond donors (Lipinski definition) is 4. The van der Waals surface area contributed by atoms with Crippen LogP contribution in [0.3, 0.4) is 0 Å². The molecular formula is C31H46BrN5O5. The molecule has 0 saturated carbocycles. The minimum absolute atomic E-state index is 0.123. The van der Waals surface area contributed by atoms with Crippen molar-refractivity contribution in [2.24, 2.45) is 5.92 Å². The zero-order chi connectivity index (χ0) is 30.6. The fraction of sp³-hybridized carbons (Fsp3) is 0.613. The first-order chi connectivity index (χ1) is 20.1. The number of esters is 1. The Morgan fingerprint density at radius 1 is 0.952 bits per heavy atom. The van der Waals surface area contributed by atoms with Crippen LogP contribution in [-0.2, 0) is 25.5 Å². The third-order valence-corrected chi connectivity index (χ3v) is 8.34. The van der Waals surface area contributed by atoms with Crippen LogP contribution in [0.25, 0.3) is 10.9 Å². The van der Waals surface area contributed by atoms with Crippen LogP contribution < -0.4 is 16.0 Å². The topological polar surface area (TPSA) is 133 Å². The number of ether oxygens (including phenoxy) is 1. The van der Waals surface area contributed by atoms with Crippen molar-refractivity contribution in [2.75, 3.05) is 20.2 Å². The summed E-state index contributed by atoms with van der Waals surface area (Å²) in [5.74, 6) is -1.34. The monoisotopic (exact) mass is 647 g/mol. The molecule has 3 rings (SSSR count). The predicted octanol–water partition coefficient (Wildman–Crippen LogP) is 4.81. The first-order valence-electron chi connectivity index (χ1n) is 15.1. The minimum Gasteiger partial charge on any atom is -0.467 e. The molecule has 232 valence electrons. The molecule has 42 heavy (non-hydrogen) atoms. The van der Waals surface area contributed by atoms with E-state index in [1.165, 1.54) is 7.11 Å². The Labute approximate surface area is 257 Å². The lowest BCUT2D eigenvalue weighted by Crippen LogP contribution is -2.57. The Balaban J connectivity index is 1.87. The number of unbranched alkanes of at least 4 members (excludes halogenated alkanes) is 1. The van der Waals surface area contributed by atoms with Crippen molar-refractivity contribution < 1.29 is 23.9 Å². The van der Waals surface area contributed by atoms with Crippen molar-refractivity contribution in [3.8, 4) is 0 Å². The summed E-state index contributed by atoms with van der Waals surface area (Å²) in [6.07, 6.45) is 6.63. The molecule has 1 aliphatic heterocycles. The van der Waals surface area contributed by atoms with Gasteiger partial charge in [-0.25, -0.2) is 9.59 Å². The molecule has 2 aromatic rings. The van der Waals surface area contributed by atoms with E-state index in [0.717, 1.165) is 55.0 Å². The summed E-state index contributed by atoms with van der Waals surface area (Å²) >= 11 is 3.58. The normalized spacial score (nSPS) is 15.9. The highest BCUT2D eigenvalue weighted by molar-refractivity contribution is 9.10. The number of nitrogens with one attached hydrogen (secondary N) is 4. The van der Waals surface area contributed by atoms with Crippen molar-refractivity contribution in [3.63, 3.8) is 0 Å². The zero-order valence-corrected chi connectivity index (χ0v) is 26.8. The lowest BCUT2D eigenvalue weighted by Gasteiger charge is -2.28. The number of likely N-dealkylation sites (tertiary alicyclic amines) is 1. The molecule has 4 amide bonds. The summed E-state index contributed by atoms with van der Waals surface area (Å²) in [4.78, 5) is 58.2. The summed E-state index contributed by atoms with van der Waals surface area (Å²) in [7, 11) is 1.29. The smallest absolute Gasteiger partial charge is 0.328 e. The average molecular weight is 649 g/mol. The molecule has 10 nitrogen and oxygen atoms in total. The van der Waals surface area contributed by atoms with E-state index in [9.17, 15) is 19.2 Å². The number of halogens is 1. The fourth-order valence-electron chi connectivity index (χ4n) is 5.34. The van der Waals surface area contributed by atoms with Gasteiger partial charge in [-0.2, -0.15) is 0 Å². The molecule has 3 atom stereocenters. The van der Waals surface area contributed by atoms with Crippen LogP contribution >= 0.6 is 15.9 Å². The fourth-order valence-corrected chi connectivity index (χ4v) is 5.93. The Morgan fingerprint density at radius 3 is 2.24 bits per heavy atom. The summed E-state index contributed by atoms with van der Waals surface area (Å²) in [6.45, 7) is 7.30. The summed E-state index contributed by atoms with van der Waals surface area (Å²) < 4.78 is 5.65. The van der Waals surface area contributed by atoms with Crippen LogP contribution in [0.4, 0.5) is 4.79 Å². The Morgan fingerprint density at radius 2 is 1.60 bits per heavy atom. The highest BCUT2D eigenvalue weighted by atomic mass is 79.9. The number of fused-ring (bicyclic) bond motifs is 1. The third-order valence-electron chi connectivity index (χ3n) is 7.67. The molecule has 1 aromatic carbocycles. The SMILES string of the molecule is CCCC[C@@H](NC(=O)[C@@H](Cc1c(Br)[nH]c2ccccc12)NC(=O)[C@H](CC(C)C)NC(=O)N1CCCCCC1)C(=O)OC. The number of hydrogen-bond acceptors (Lipinski definition) is 5. The number of urea groups is 1. The molecule has 1 fully saturated rings. The van der Waals surface area contributed by atoms with Crippen molar-refractivity contribution in [1.29, 1.82) is 0 Å². The van der Waals surface area contributed by atoms with Crippen molar-refractivity contribution in [3.05, 3.63) is 34.4 Å². The maximum absolute atomic E-state index is 13.8. The standard InChI is InChI=1S/C31H46BrN5O5/c1-5-6-14-24(30(40)42-4)34-29(39)26(19-22-21-13-9-10-15-23(21)33-27(22)32)35-28(38)25(18-20(2)3)36-31(41)37-16-11-7-8-12-17-37/h9-10,13,15,20,24-26,33H,5-8,11-12,14,16-19H2,1-4H3,(H,34,39)(H,35,38)(H,36,41)/t24-,25+,26-/m1/s1. The van der Waals surface area contributed by atoms with E-state index in [0.29, 0.717) is 30.5 Å². The molecule has 0 radical (unpaired) electrons. The summed E-state index contributed by atoms with van der Waals surface area (Å²) in [6, 6.07) is 4.79. The summed E-state index contributed by atoms with van der Waals surface area (Å²) in [5.41, 5.74) is 1.71. The van der Waals surface area contributed by atoms with Gasteiger partial charge >= 0.3 is 12.0 Å². The maximum Gasteiger partial charge on any atom is 0.328 e. The van der Waals surface area contributed by atoms with E-state index in [-0.39, 0.29) is 18.4 Å². The van der Waals surface area contributed by atoms with E-state index in [1.54, 1.807) is 4.90 Å². The second-order valence-corrected chi connectivity index (χ2v) is 12.3. The van der Waals surface area contributed by atoms with Gasteiger partial charge in [0.1, 0.15) is 18.1 Å².